The molecule has 2 aromatic rings. The molecule has 0 aliphatic heterocycles. The summed E-state index contributed by atoms with van der Waals surface area (Å²) in [5.74, 6) is 1.18. The van der Waals surface area contributed by atoms with Crippen LogP contribution in [0.15, 0.2) is 30.6 Å². The van der Waals surface area contributed by atoms with Crippen molar-refractivity contribution in [1.29, 1.82) is 0 Å². The van der Waals surface area contributed by atoms with E-state index >= 15 is 0 Å². The SMILES string of the molecule is CCNC(c1ccc(Cl)cc1OC)c1nccnc1OC. The molecular formula is C15H18ClN3O2. The van der Waals surface area contributed by atoms with E-state index in [-0.39, 0.29) is 6.04 Å². The lowest BCUT2D eigenvalue weighted by Gasteiger charge is -2.21. The van der Waals surface area contributed by atoms with Crippen LogP contribution < -0.4 is 14.8 Å². The highest BCUT2D eigenvalue weighted by molar-refractivity contribution is 6.30. The summed E-state index contributed by atoms with van der Waals surface area (Å²) in [6.45, 7) is 2.79. The van der Waals surface area contributed by atoms with E-state index in [9.17, 15) is 0 Å². The number of ether oxygens (including phenoxy) is 2. The third-order valence-corrected chi connectivity index (χ3v) is 3.31. The van der Waals surface area contributed by atoms with Gasteiger partial charge < -0.3 is 14.8 Å². The molecule has 0 radical (unpaired) electrons. The third-order valence-electron chi connectivity index (χ3n) is 3.07. The van der Waals surface area contributed by atoms with Gasteiger partial charge >= 0.3 is 0 Å². The summed E-state index contributed by atoms with van der Waals surface area (Å²) in [5, 5.41) is 4.00. The number of aromatic nitrogens is 2. The maximum absolute atomic E-state index is 6.03. The summed E-state index contributed by atoms with van der Waals surface area (Å²) in [7, 11) is 3.20. The van der Waals surface area contributed by atoms with Crippen LogP contribution in [0.4, 0.5) is 0 Å². The van der Waals surface area contributed by atoms with Crippen LogP contribution in [-0.4, -0.2) is 30.7 Å². The summed E-state index contributed by atoms with van der Waals surface area (Å²) in [6, 6.07) is 5.34. The van der Waals surface area contributed by atoms with Gasteiger partial charge in [0.25, 0.3) is 0 Å². The van der Waals surface area contributed by atoms with Gasteiger partial charge in [0.15, 0.2) is 0 Å². The molecule has 0 bridgehead atoms. The fourth-order valence-electron chi connectivity index (χ4n) is 2.17. The molecule has 1 aromatic carbocycles. The normalized spacial score (nSPS) is 12.0. The van der Waals surface area contributed by atoms with Crippen molar-refractivity contribution in [3.63, 3.8) is 0 Å². The molecule has 1 heterocycles. The second kappa shape index (κ2) is 7.24. The van der Waals surface area contributed by atoms with Crippen molar-refractivity contribution in [3.8, 4) is 11.6 Å². The fraction of sp³-hybridized carbons (Fsp3) is 0.333. The molecule has 0 aliphatic rings. The highest BCUT2D eigenvalue weighted by Crippen LogP contribution is 2.34. The molecule has 1 unspecified atom stereocenters. The first-order valence-electron chi connectivity index (χ1n) is 6.63. The van der Waals surface area contributed by atoms with E-state index in [1.54, 1.807) is 32.7 Å². The molecule has 1 atom stereocenters. The second-order valence-electron chi connectivity index (χ2n) is 4.33. The van der Waals surface area contributed by atoms with E-state index in [0.29, 0.717) is 22.3 Å². The van der Waals surface area contributed by atoms with E-state index in [4.69, 9.17) is 21.1 Å². The van der Waals surface area contributed by atoms with Crippen LogP contribution >= 0.6 is 11.6 Å². The number of hydrogen-bond donors (Lipinski definition) is 1. The van der Waals surface area contributed by atoms with Crippen LogP contribution in [0.5, 0.6) is 11.6 Å². The Kier molecular flexibility index (Phi) is 5.36. The number of nitrogens with one attached hydrogen (secondary N) is 1. The van der Waals surface area contributed by atoms with Gasteiger partial charge in [0, 0.05) is 23.0 Å². The van der Waals surface area contributed by atoms with Gasteiger partial charge in [0.1, 0.15) is 11.4 Å². The van der Waals surface area contributed by atoms with Crippen molar-refractivity contribution in [1.82, 2.24) is 15.3 Å². The van der Waals surface area contributed by atoms with Gasteiger partial charge in [-0.2, -0.15) is 0 Å². The second-order valence-corrected chi connectivity index (χ2v) is 4.76. The molecule has 0 saturated heterocycles. The highest BCUT2D eigenvalue weighted by atomic mass is 35.5. The van der Waals surface area contributed by atoms with E-state index in [1.807, 2.05) is 19.1 Å². The van der Waals surface area contributed by atoms with Gasteiger partial charge in [-0.15, -0.1) is 0 Å². The largest absolute Gasteiger partial charge is 0.496 e. The fourth-order valence-corrected chi connectivity index (χ4v) is 2.33. The monoisotopic (exact) mass is 307 g/mol. The molecule has 0 aliphatic carbocycles. The number of benzene rings is 1. The van der Waals surface area contributed by atoms with Crippen LogP contribution in [-0.2, 0) is 0 Å². The van der Waals surface area contributed by atoms with E-state index in [0.717, 1.165) is 12.1 Å². The summed E-state index contributed by atoms with van der Waals surface area (Å²) < 4.78 is 10.7. The minimum Gasteiger partial charge on any atom is -0.496 e. The zero-order chi connectivity index (χ0) is 15.2. The molecule has 112 valence electrons. The summed E-state index contributed by atoms with van der Waals surface area (Å²) in [5.41, 5.74) is 1.64. The summed E-state index contributed by atoms with van der Waals surface area (Å²) in [6.07, 6.45) is 3.25. The van der Waals surface area contributed by atoms with Crippen molar-refractivity contribution in [2.24, 2.45) is 0 Å². The average Bonchev–Trinajstić information content (AvgIpc) is 2.53. The molecule has 0 amide bonds. The Morgan fingerprint density at radius 2 is 1.95 bits per heavy atom. The van der Waals surface area contributed by atoms with Gasteiger partial charge in [0.2, 0.25) is 5.88 Å². The lowest BCUT2D eigenvalue weighted by atomic mass is 10.0. The molecular weight excluding hydrogens is 290 g/mol. The minimum atomic E-state index is -0.189. The van der Waals surface area contributed by atoms with Crippen LogP contribution in [0, 0.1) is 0 Å². The molecule has 6 heteroatoms. The van der Waals surface area contributed by atoms with Crippen molar-refractivity contribution in [2.75, 3.05) is 20.8 Å². The number of methoxy groups -OCH3 is 2. The highest BCUT2D eigenvalue weighted by Gasteiger charge is 2.23. The molecule has 21 heavy (non-hydrogen) atoms. The zero-order valence-electron chi connectivity index (χ0n) is 12.3. The van der Waals surface area contributed by atoms with Gasteiger partial charge in [-0.3, -0.25) is 4.98 Å². The van der Waals surface area contributed by atoms with E-state index < -0.39 is 0 Å². The van der Waals surface area contributed by atoms with Crippen LogP contribution in [0.2, 0.25) is 5.02 Å². The van der Waals surface area contributed by atoms with Gasteiger partial charge in [-0.25, -0.2) is 4.98 Å². The maximum Gasteiger partial charge on any atom is 0.237 e. The Morgan fingerprint density at radius 3 is 2.62 bits per heavy atom. The van der Waals surface area contributed by atoms with E-state index in [2.05, 4.69) is 15.3 Å². The number of hydrogen-bond acceptors (Lipinski definition) is 5. The first-order valence-corrected chi connectivity index (χ1v) is 7.00. The predicted molar refractivity (Wildman–Crippen MR) is 82.1 cm³/mol. The molecule has 0 fully saturated rings. The molecule has 1 aromatic heterocycles. The molecule has 2 rings (SSSR count). The third kappa shape index (κ3) is 3.43. The smallest absolute Gasteiger partial charge is 0.237 e. The van der Waals surface area contributed by atoms with Crippen molar-refractivity contribution in [2.45, 2.75) is 13.0 Å². The van der Waals surface area contributed by atoms with Crippen molar-refractivity contribution in [3.05, 3.63) is 46.9 Å². The molecule has 0 saturated carbocycles. The topological polar surface area (TPSA) is 56.3 Å². The molecule has 5 nitrogen and oxygen atoms in total. The Bertz CT molecular complexity index is 607. The van der Waals surface area contributed by atoms with Crippen LogP contribution in [0.25, 0.3) is 0 Å². The Balaban J connectivity index is 2.53. The molecule has 0 spiro atoms. The lowest BCUT2D eigenvalue weighted by Crippen LogP contribution is -2.24. The first-order chi connectivity index (χ1) is 10.2. The van der Waals surface area contributed by atoms with Crippen LogP contribution in [0.3, 0.4) is 0 Å². The maximum atomic E-state index is 6.03. The Labute approximate surface area is 129 Å². The van der Waals surface area contributed by atoms with Crippen molar-refractivity contribution >= 4 is 11.6 Å². The van der Waals surface area contributed by atoms with Gasteiger partial charge in [-0.1, -0.05) is 24.6 Å². The van der Waals surface area contributed by atoms with Gasteiger partial charge in [-0.05, 0) is 18.7 Å². The standard InChI is InChI=1S/C15H18ClN3O2/c1-4-17-13(14-15(21-3)19-8-7-18-14)11-6-5-10(16)9-12(11)20-2/h5-9,13,17H,4H2,1-3H3. The van der Waals surface area contributed by atoms with Crippen molar-refractivity contribution < 1.29 is 9.47 Å². The predicted octanol–water partition coefficient (Wildman–Crippen LogP) is 2.85. The lowest BCUT2D eigenvalue weighted by molar-refractivity contribution is 0.378. The number of halogens is 1. The van der Waals surface area contributed by atoms with Gasteiger partial charge in [0.05, 0.1) is 20.3 Å². The number of nitrogens with zero attached hydrogens (tertiary/aromatic N) is 2. The summed E-state index contributed by atoms with van der Waals surface area (Å²) >= 11 is 6.03. The van der Waals surface area contributed by atoms with E-state index in [1.165, 1.54) is 0 Å². The molecule has 1 N–H and O–H groups in total. The number of rotatable bonds is 6. The quantitative estimate of drug-likeness (QED) is 0.889. The Hall–Kier alpha value is -1.85. The van der Waals surface area contributed by atoms with Crippen LogP contribution in [0.1, 0.15) is 24.2 Å². The minimum absolute atomic E-state index is 0.189. The first kappa shape index (κ1) is 15.5. The zero-order valence-corrected chi connectivity index (χ0v) is 13.0. The Morgan fingerprint density at radius 1 is 1.19 bits per heavy atom. The summed E-state index contributed by atoms with van der Waals surface area (Å²) in [4.78, 5) is 8.61. The average molecular weight is 308 g/mol.